The van der Waals surface area contributed by atoms with Crippen molar-refractivity contribution in [2.45, 2.75) is 6.61 Å². The van der Waals surface area contributed by atoms with E-state index in [-0.39, 0.29) is 6.61 Å². The Hall–Kier alpha value is -2.42. The van der Waals surface area contributed by atoms with Crippen molar-refractivity contribution < 1.29 is 14.3 Å². The van der Waals surface area contributed by atoms with Gasteiger partial charge in [0.05, 0.1) is 5.56 Å². The average Bonchev–Trinajstić information content (AvgIpc) is 2.46. The minimum Gasteiger partial charge on any atom is -0.457 e. The molecule has 3 heteroatoms. The second-order valence-electron chi connectivity index (χ2n) is 3.74. The molecule has 0 atom stereocenters. The number of carbonyl (C=O) groups is 1. The highest BCUT2D eigenvalue weighted by atomic mass is 16.5. The van der Waals surface area contributed by atoms with Gasteiger partial charge in [0.15, 0.2) is 0 Å². The molecule has 0 heterocycles. The third-order valence-electron chi connectivity index (χ3n) is 2.45. The highest BCUT2D eigenvalue weighted by molar-refractivity contribution is 5.90. The van der Waals surface area contributed by atoms with E-state index < -0.39 is 5.97 Å². The molecule has 0 saturated heterocycles. The molecule has 0 amide bonds. The second kappa shape index (κ2) is 5.77. The number of benzene rings is 2. The van der Waals surface area contributed by atoms with Crippen LogP contribution in [0.4, 0.5) is 0 Å². The Morgan fingerprint density at radius 1 is 1.00 bits per heavy atom. The van der Waals surface area contributed by atoms with E-state index in [4.69, 9.17) is 4.74 Å². The summed E-state index contributed by atoms with van der Waals surface area (Å²) in [7, 11) is 0. The van der Waals surface area contributed by atoms with Gasteiger partial charge in [0.25, 0.3) is 0 Å². The summed E-state index contributed by atoms with van der Waals surface area (Å²) in [6, 6.07) is 15.6. The number of carbonyl (C=O) groups excluding carboxylic acids is 2. The van der Waals surface area contributed by atoms with Crippen molar-refractivity contribution in [2.24, 2.45) is 0 Å². The average molecular weight is 239 g/mol. The highest BCUT2D eigenvalue weighted by Gasteiger charge is 2.06. The second-order valence-corrected chi connectivity index (χ2v) is 3.74. The number of esters is 1. The first-order valence-electron chi connectivity index (χ1n) is 5.49. The SMILES string of the molecule is O=[C]c1ccc(C(=O)OCc2ccccc2)cc1. The Bertz CT molecular complexity index is 529. The lowest BCUT2D eigenvalue weighted by molar-refractivity contribution is 0.0472. The summed E-state index contributed by atoms with van der Waals surface area (Å²) < 4.78 is 5.15. The van der Waals surface area contributed by atoms with Gasteiger partial charge in [0, 0.05) is 5.56 Å². The van der Waals surface area contributed by atoms with E-state index in [2.05, 4.69) is 0 Å². The van der Waals surface area contributed by atoms with Crippen molar-refractivity contribution in [3.63, 3.8) is 0 Å². The van der Waals surface area contributed by atoms with Crippen LogP contribution in [-0.4, -0.2) is 12.3 Å². The van der Waals surface area contributed by atoms with Gasteiger partial charge < -0.3 is 4.74 Å². The number of hydrogen-bond acceptors (Lipinski definition) is 3. The zero-order valence-electron chi connectivity index (χ0n) is 9.63. The van der Waals surface area contributed by atoms with E-state index in [0.717, 1.165) is 5.56 Å². The monoisotopic (exact) mass is 239 g/mol. The molecule has 0 aliphatic heterocycles. The zero-order chi connectivity index (χ0) is 12.8. The molecular weight excluding hydrogens is 228 g/mol. The molecule has 0 N–H and O–H groups in total. The van der Waals surface area contributed by atoms with Gasteiger partial charge in [0.2, 0.25) is 6.29 Å². The first-order chi connectivity index (χ1) is 8.79. The third-order valence-corrected chi connectivity index (χ3v) is 2.45. The molecule has 0 spiro atoms. The smallest absolute Gasteiger partial charge is 0.338 e. The number of rotatable bonds is 4. The predicted octanol–water partition coefficient (Wildman–Crippen LogP) is 2.50. The van der Waals surface area contributed by atoms with E-state index in [0.29, 0.717) is 11.1 Å². The normalized spacial score (nSPS) is 9.78. The van der Waals surface area contributed by atoms with E-state index in [9.17, 15) is 9.59 Å². The van der Waals surface area contributed by atoms with Crippen LogP contribution in [0, 0.1) is 0 Å². The Kier molecular flexibility index (Phi) is 3.86. The highest BCUT2D eigenvalue weighted by Crippen LogP contribution is 2.07. The predicted molar refractivity (Wildman–Crippen MR) is 66.8 cm³/mol. The van der Waals surface area contributed by atoms with E-state index in [1.165, 1.54) is 12.1 Å². The van der Waals surface area contributed by atoms with Crippen LogP contribution >= 0.6 is 0 Å². The minimum absolute atomic E-state index is 0.237. The quantitative estimate of drug-likeness (QED) is 0.770. The van der Waals surface area contributed by atoms with Gasteiger partial charge in [-0.1, -0.05) is 42.5 Å². The lowest BCUT2D eigenvalue weighted by Crippen LogP contribution is -2.05. The Labute approximate surface area is 105 Å². The van der Waals surface area contributed by atoms with Crippen molar-refractivity contribution in [3.8, 4) is 0 Å². The van der Waals surface area contributed by atoms with E-state index in [1.807, 2.05) is 30.3 Å². The molecular formula is C15H11O3. The summed E-state index contributed by atoms with van der Waals surface area (Å²) in [6.45, 7) is 0.237. The fourth-order valence-corrected chi connectivity index (χ4v) is 1.48. The topological polar surface area (TPSA) is 43.4 Å². The van der Waals surface area contributed by atoms with Crippen LogP contribution in [0.15, 0.2) is 54.6 Å². The lowest BCUT2D eigenvalue weighted by Gasteiger charge is -2.04. The molecule has 0 saturated carbocycles. The maximum atomic E-state index is 11.7. The minimum atomic E-state index is -0.406. The summed E-state index contributed by atoms with van der Waals surface area (Å²) in [6.07, 6.45) is 1.75. The molecule has 3 nitrogen and oxygen atoms in total. The number of hydrogen-bond donors (Lipinski definition) is 0. The Morgan fingerprint density at radius 3 is 2.28 bits per heavy atom. The molecule has 2 aromatic rings. The summed E-state index contributed by atoms with van der Waals surface area (Å²) in [5.74, 6) is -0.406. The molecule has 2 rings (SSSR count). The van der Waals surface area contributed by atoms with Gasteiger partial charge in [-0.15, -0.1) is 0 Å². The summed E-state index contributed by atoms with van der Waals surface area (Å²) in [5, 5.41) is 0. The van der Waals surface area contributed by atoms with Crippen molar-refractivity contribution >= 4 is 12.3 Å². The van der Waals surface area contributed by atoms with E-state index >= 15 is 0 Å². The van der Waals surface area contributed by atoms with Crippen LogP contribution in [0.3, 0.4) is 0 Å². The number of ether oxygens (including phenoxy) is 1. The van der Waals surface area contributed by atoms with Crippen LogP contribution in [0.25, 0.3) is 0 Å². The molecule has 89 valence electrons. The molecule has 0 bridgehead atoms. The van der Waals surface area contributed by atoms with E-state index in [1.54, 1.807) is 18.4 Å². The fraction of sp³-hybridized carbons (Fsp3) is 0.0667. The van der Waals surface area contributed by atoms with Gasteiger partial charge in [-0.3, -0.25) is 4.79 Å². The molecule has 2 aromatic carbocycles. The van der Waals surface area contributed by atoms with Crippen molar-refractivity contribution in [3.05, 3.63) is 71.3 Å². The van der Waals surface area contributed by atoms with Gasteiger partial charge in [-0.2, -0.15) is 0 Å². The van der Waals surface area contributed by atoms with Crippen LogP contribution in [0.1, 0.15) is 21.5 Å². The summed E-state index contributed by atoms with van der Waals surface area (Å²) in [4.78, 5) is 22.1. The zero-order valence-corrected chi connectivity index (χ0v) is 9.63. The largest absolute Gasteiger partial charge is 0.457 e. The van der Waals surface area contributed by atoms with Crippen molar-refractivity contribution in [2.75, 3.05) is 0 Å². The molecule has 0 aliphatic carbocycles. The van der Waals surface area contributed by atoms with Crippen LogP contribution in [0.5, 0.6) is 0 Å². The van der Waals surface area contributed by atoms with Crippen LogP contribution < -0.4 is 0 Å². The molecule has 1 radical (unpaired) electrons. The molecule has 0 aromatic heterocycles. The Balaban J connectivity index is 1.97. The molecule has 18 heavy (non-hydrogen) atoms. The van der Waals surface area contributed by atoms with Crippen LogP contribution in [-0.2, 0) is 16.1 Å². The fourth-order valence-electron chi connectivity index (χ4n) is 1.48. The lowest BCUT2D eigenvalue weighted by atomic mass is 10.1. The maximum Gasteiger partial charge on any atom is 0.338 e. The summed E-state index contributed by atoms with van der Waals surface area (Å²) >= 11 is 0. The van der Waals surface area contributed by atoms with Gasteiger partial charge >= 0.3 is 5.97 Å². The van der Waals surface area contributed by atoms with Crippen molar-refractivity contribution in [1.82, 2.24) is 0 Å². The Morgan fingerprint density at radius 2 is 1.67 bits per heavy atom. The summed E-state index contributed by atoms with van der Waals surface area (Å²) in [5.41, 5.74) is 1.77. The van der Waals surface area contributed by atoms with Gasteiger partial charge in [-0.05, 0) is 17.7 Å². The van der Waals surface area contributed by atoms with Gasteiger partial charge in [-0.25, -0.2) is 4.79 Å². The molecule has 0 fully saturated rings. The van der Waals surface area contributed by atoms with Gasteiger partial charge in [0.1, 0.15) is 6.61 Å². The maximum absolute atomic E-state index is 11.7. The first kappa shape index (κ1) is 12.0. The standard InChI is InChI=1S/C15H11O3/c16-10-12-6-8-14(9-7-12)15(17)18-11-13-4-2-1-3-5-13/h1-9H,11H2. The van der Waals surface area contributed by atoms with Crippen LogP contribution in [0.2, 0.25) is 0 Å². The molecule has 0 aliphatic rings. The molecule has 0 unspecified atom stereocenters. The third kappa shape index (κ3) is 3.04. The first-order valence-corrected chi connectivity index (χ1v) is 5.49. The van der Waals surface area contributed by atoms with Crippen molar-refractivity contribution in [1.29, 1.82) is 0 Å².